The molecular formula is C7H10ClF3. The van der Waals surface area contributed by atoms with Gasteiger partial charge in [-0.15, -0.1) is 11.6 Å². The SMILES string of the molecule is CC(Cl)(C1CCC1)C(F)(F)F. The predicted molar refractivity (Wildman–Crippen MR) is 37.7 cm³/mol. The molecule has 4 heteroatoms. The predicted octanol–water partition coefficient (Wildman–Crippen LogP) is 3.35. The number of hydrogen-bond acceptors (Lipinski definition) is 0. The molecule has 1 rings (SSSR count). The van der Waals surface area contributed by atoms with Crippen molar-refractivity contribution in [2.75, 3.05) is 0 Å². The summed E-state index contributed by atoms with van der Waals surface area (Å²) in [5.41, 5.74) is 0. The van der Waals surface area contributed by atoms with Gasteiger partial charge < -0.3 is 0 Å². The molecule has 0 radical (unpaired) electrons. The Morgan fingerprint density at radius 3 is 1.82 bits per heavy atom. The Hall–Kier alpha value is 0.0800. The van der Waals surface area contributed by atoms with Crippen LogP contribution in [0.4, 0.5) is 13.2 Å². The summed E-state index contributed by atoms with van der Waals surface area (Å²) < 4.78 is 36.5. The summed E-state index contributed by atoms with van der Waals surface area (Å²) >= 11 is 5.39. The molecule has 1 unspecified atom stereocenters. The highest BCUT2D eigenvalue weighted by molar-refractivity contribution is 6.24. The van der Waals surface area contributed by atoms with Crippen LogP contribution in [0.15, 0.2) is 0 Å². The minimum atomic E-state index is -4.26. The Kier molecular flexibility index (Phi) is 2.12. The first-order chi connectivity index (χ1) is 4.86. The third-order valence-electron chi connectivity index (χ3n) is 2.43. The average molecular weight is 187 g/mol. The molecule has 0 aromatic rings. The van der Waals surface area contributed by atoms with Crippen molar-refractivity contribution >= 4 is 11.6 Å². The molecule has 1 aliphatic rings. The van der Waals surface area contributed by atoms with Crippen LogP contribution >= 0.6 is 11.6 Å². The minimum absolute atomic E-state index is 0.371. The van der Waals surface area contributed by atoms with Crippen LogP contribution in [0, 0.1) is 5.92 Å². The Bertz CT molecular complexity index is 146. The second kappa shape index (κ2) is 2.54. The topological polar surface area (TPSA) is 0 Å². The molecule has 0 spiro atoms. The molecule has 0 nitrogen and oxygen atoms in total. The number of rotatable bonds is 1. The highest BCUT2D eigenvalue weighted by Gasteiger charge is 2.55. The van der Waals surface area contributed by atoms with E-state index >= 15 is 0 Å². The van der Waals surface area contributed by atoms with Crippen molar-refractivity contribution in [3.63, 3.8) is 0 Å². The van der Waals surface area contributed by atoms with Crippen molar-refractivity contribution in [1.29, 1.82) is 0 Å². The number of alkyl halides is 4. The van der Waals surface area contributed by atoms with Crippen LogP contribution in [0.5, 0.6) is 0 Å². The fourth-order valence-electron chi connectivity index (χ4n) is 1.18. The van der Waals surface area contributed by atoms with E-state index in [4.69, 9.17) is 11.6 Å². The van der Waals surface area contributed by atoms with Gasteiger partial charge in [-0.1, -0.05) is 6.42 Å². The van der Waals surface area contributed by atoms with Gasteiger partial charge in [0.1, 0.15) is 4.87 Å². The van der Waals surface area contributed by atoms with Crippen LogP contribution in [0.25, 0.3) is 0 Å². The third kappa shape index (κ3) is 1.48. The van der Waals surface area contributed by atoms with Crippen LogP contribution in [-0.4, -0.2) is 11.1 Å². The second-order valence-electron chi connectivity index (χ2n) is 3.20. The molecule has 1 aliphatic carbocycles. The van der Waals surface area contributed by atoms with Crippen LogP contribution in [-0.2, 0) is 0 Å². The molecule has 0 heterocycles. The molecule has 0 aliphatic heterocycles. The van der Waals surface area contributed by atoms with Crippen molar-refractivity contribution in [3.05, 3.63) is 0 Å². The summed E-state index contributed by atoms with van der Waals surface area (Å²) in [5, 5.41) is 0. The van der Waals surface area contributed by atoms with Gasteiger partial charge in [0, 0.05) is 0 Å². The Balaban J connectivity index is 2.64. The first-order valence-electron chi connectivity index (χ1n) is 3.61. The lowest BCUT2D eigenvalue weighted by molar-refractivity contribution is -0.176. The Labute approximate surface area is 68.7 Å². The molecule has 0 bridgehead atoms. The number of halogens is 4. The molecule has 0 saturated heterocycles. The van der Waals surface area contributed by atoms with E-state index in [0.29, 0.717) is 12.8 Å². The van der Waals surface area contributed by atoms with E-state index < -0.39 is 11.1 Å². The van der Waals surface area contributed by atoms with Crippen molar-refractivity contribution in [3.8, 4) is 0 Å². The fourth-order valence-corrected chi connectivity index (χ4v) is 1.40. The quantitative estimate of drug-likeness (QED) is 0.551. The van der Waals surface area contributed by atoms with E-state index in [-0.39, 0.29) is 5.92 Å². The van der Waals surface area contributed by atoms with Gasteiger partial charge in [-0.05, 0) is 25.7 Å². The number of hydrogen-bond donors (Lipinski definition) is 0. The molecule has 0 amide bonds. The van der Waals surface area contributed by atoms with Crippen LogP contribution < -0.4 is 0 Å². The van der Waals surface area contributed by atoms with Gasteiger partial charge in [0.05, 0.1) is 0 Å². The van der Waals surface area contributed by atoms with E-state index in [2.05, 4.69) is 0 Å². The highest BCUT2D eigenvalue weighted by Crippen LogP contribution is 2.49. The maximum atomic E-state index is 12.2. The molecule has 0 aromatic heterocycles. The minimum Gasteiger partial charge on any atom is -0.169 e. The lowest BCUT2D eigenvalue weighted by Crippen LogP contribution is -2.46. The molecule has 66 valence electrons. The van der Waals surface area contributed by atoms with E-state index in [1.54, 1.807) is 0 Å². The summed E-state index contributed by atoms with van der Waals surface area (Å²) in [4.78, 5) is -1.99. The van der Waals surface area contributed by atoms with Crippen LogP contribution in [0.1, 0.15) is 26.2 Å². The molecular weight excluding hydrogens is 177 g/mol. The molecule has 0 aromatic carbocycles. The highest BCUT2D eigenvalue weighted by atomic mass is 35.5. The Morgan fingerprint density at radius 1 is 1.27 bits per heavy atom. The van der Waals surface area contributed by atoms with E-state index in [9.17, 15) is 13.2 Å². The second-order valence-corrected chi connectivity index (χ2v) is 3.99. The third-order valence-corrected chi connectivity index (χ3v) is 2.95. The lowest BCUT2D eigenvalue weighted by Gasteiger charge is -2.39. The largest absolute Gasteiger partial charge is 0.407 e. The molecule has 0 N–H and O–H groups in total. The molecule has 1 fully saturated rings. The molecule has 11 heavy (non-hydrogen) atoms. The Morgan fingerprint density at radius 2 is 1.73 bits per heavy atom. The van der Waals surface area contributed by atoms with Gasteiger partial charge in [-0.2, -0.15) is 13.2 Å². The zero-order chi connectivity index (χ0) is 8.70. The summed E-state index contributed by atoms with van der Waals surface area (Å²) in [6.45, 7) is 1.07. The first kappa shape index (κ1) is 9.17. The van der Waals surface area contributed by atoms with Gasteiger partial charge >= 0.3 is 6.18 Å². The van der Waals surface area contributed by atoms with Crippen molar-refractivity contribution in [2.24, 2.45) is 5.92 Å². The van der Waals surface area contributed by atoms with Crippen molar-refractivity contribution in [1.82, 2.24) is 0 Å². The van der Waals surface area contributed by atoms with E-state index in [0.717, 1.165) is 13.3 Å². The molecule has 1 saturated carbocycles. The van der Waals surface area contributed by atoms with Crippen molar-refractivity contribution < 1.29 is 13.2 Å². The zero-order valence-electron chi connectivity index (χ0n) is 6.21. The normalized spacial score (nSPS) is 25.9. The van der Waals surface area contributed by atoms with Gasteiger partial charge in [0.2, 0.25) is 0 Å². The van der Waals surface area contributed by atoms with E-state index in [1.165, 1.54) is 0 Å². The van der Waals surface area contributed by atoms with Crippen LogP contribution in [0.3, 0.4) is 0 Å². The van der Waals surface area contributed by atoms with Gasteiger partial charge in [0.25, 0.3) is 0 Å². The fraction of sp³-hybridized carbons (Fsp3) is 1.00. The lowest BCUT2D eigenvalue weighted by atomic mass is 9.76. The van der Waals surface area contributed by atoms with Crippen molar-refractivity contribution in [2.45, 2.75) is 37.2 Å². The summed E-state index contributed by atoms with van der Waals surface area (Å²) in [5.74, 6) is -0.371. The average Bonchev–Trinajstić information content (AvgIpc) is 1.53. The first-order valence-corrected chi connectivity index (χ1v) is 3.99. The van der Waals surface area contributed by atoms with E-state index in [1.807, 2.05) is 0 Å². The molecule has 1 atom stereocenters. The summed E-state index contributed by atoms with van der Waals surface area (Å²) in [6.07, 6.45) is -2.16. The van der Waals surface area contributed by atoms with Gasteiger partial charge in [0.15, 0.2) is 0 Å². The van der Waals surface area contributed by atoms with Gasteiger partial charge in [-0.3, -0.25) is 0 Å². The van der Waals surface area contributed by atoms with Crippen LogP contribution in [0.2, 0.25) is 0 Å². The monoisotopic (exact) mass is 186 g/mol. The summed E-state index contributed by atoms with van der Waals surface area (Å²) in [6, 6.07) is 0. The standard InChI is InChI=1S/C7H10ClF3/c1-6(8,7(9,10)11)5-3-2-4-5/h5H,2-4H2,1H3. The van der Waals surface area contributed by atoms with Gasteiger partial charge in [-0.25, -0.2) is 0 Å². The zero-order valence-corrected chi connectivity index (χ0v) is 6.97. The maximum absolute atomic E-state index is 12.2. The summed E-state index contributed by atoms with van der Waals surface area (Å²) in [7, 11) is 0. The smallest absolute Gasteiger partial charge is 0.169 e. The maximum Gasteiger partial charge on any atom is 0.407 e.